The van der Waals surface area contributed by atoms with Gasteiger partial charge < -0.3 is 5.32 Å². The number of halogens is 2. The topological polar surface area (TPSA) is 29.1 Å². The molecule has 0 bridgehead atoms. The summed E-state index contributed by atoms with van der Waals surface area (Å²) in [5.41, 5.74) is 1.61. The van der Waals surface area contributed by atoms with Gasteiger partial charge in [-0.05, 0) is 35.9 Å². The Morgan fingerprint density at radius 1 is 1.17 bits per heavy atom. The van der Waals surface area contributed by atoms with Crippen molar-refractivity contribution in [2.45, 2.75) is 6.54 Å². The van der Waals surface area contributed by atoms with E-state index in [2.05, 4.69) is 21.2 Å². The second-order valence-electron chi connectivity index (χ2n) is 3.82. The first-order chi connectivity index (χ1) is 8.65. The monoisotopic (exact) mass is 323 g/mol. The van der Waals surface area contributed by atoms with Gasteiger partial charge in [-0.1, -0.05) is 45.7 Å². The quantitative estimate of drug-likeness (QED) is 0.907. The molecule has 92 valence electrons. The minimum absolute atomic E-state index is 0.101. The standard InChI is InChI=1S/C14H11BrClNO/c15-12-5-2-4-11(8-12)14(18)17-9-10-3-1-6-13(16)7-10/h1-8H,9H2,(H,17,18). The van der Waals surface area contributed by atoms with E-state index in [0.29, 0.717) is 17.1 Å². The Morgan fingerprint density at radius 3 is 2.67 bits per heavy atom. The predicted molar refractivity (Wildman–Crippen MR) is 76.8 cm³/mol. The molecule has 1 N–H and O–H groups in total. The van der Waals surface area contributed by atoms with E-state index in [-0.39, 0.29) is 5.91 Å². The highest BCUT2D eigenvalue weighted by Crippen LogP contribution is 2.13. The minimum atomic E-state index is -0.101. The molecule has 0 aromatic heterocycles. The second-order valence-corrected chi connectivity index (χ2v) is 5.18. The molecular formula is C14H11BrClNO. The van der Waals surface area contributed by atoms with E-state index >= 15 is 0 Å². The molecule has 0 radical (unpaired) electrons. The largest absolute Gasteiger partial charge is 0.348 e. The van der Waals surface area contributed by atoms with Gasteiger partial charge in [0.05, 0.1) is 0 Å². The summed E-state index contributed by atoms with van der Waals surface area (Å²) >= 11 is 9.22. The van der Waals surface area contributed by atoms with E-state index in [4.69, 9.17) is 11.6 Å². The van der Waals surface area contributed by atoms with Crippen molar-refractivity contribution in [3.63, 3.8) is 0 Å². The van der Waals surface area contributed by atoms with Gasteiger partial charge in [0.25, 0.3) is 5.91 Å². The van der Waals surface area contributed by atoms with Crippen molar-refractivity contribution < 1.29 is 4.79 Å². The molecule has 18 heavy (non-hydrogen) atoms. The van der Waals surface area contributed by atoms with E-state index in [9.17, 15) is 4.79 Å². The predicted octanol–water partition coefficient (Wildman–Crippen LogP) is 4.03. The molecule has 2 rings (SSSR count). The third-order valence-electron chi connectivity index (χ3n) is 2.43. The summed E-state index contributed by atoms with van der Waals surface area (Å²) in [6.07, 6.45) is 0. The van der Waals surface area contributed by atoms with E-state index in [1.54, 1.807) is 18.2 Å². The van der Waals surface area contributed by atoms with E-state index < -0.39 is 0 Å². The molecule has 2 aromatic rings. The van der Waals surface area contributed by atoms with Crippen LogP contribution in [0.4, 0.5) is 0 Å². The van der Waals surface area contributed by atoms with Crippen LogP contribution in [0, 0.1) is 0 Å². The first-order valence-electron chi connectivity index (χ1n) is 5.43. The summed E-state index contributed by atoms with van der Waals surface area (Å²) in [7, 11) is 0. The van der Waals surface area contributed by atoms with Gasteiger partial charge in [-0.25, -0.2) is 0 Å². The van der Waals surface area contributed by atoms with Crippen LogP contribution < -0.4 is 5.32 Å². The highest BCUT2D eigenvalue weighted by atomic mass is 79.9. The Balaban J connectivity index is 2.00. The normalized spacial score (nSPS) is 10.1. The van der Waals surface area contributed by atoms with Crippen molar-refractivity contribution in [1.82, 2.24) is 5.32 Å². The SMILES string of the molecule is O=C(NCc1cccc(Cl)c1)c1cccc(Br)c1. The van der Waals surface area contributed by atoms with Crippen LogP contribution in [0.3, 0.4) is 0 Å². The summed E-state index contributed by atoms with van der Waals surface area (Å²) in [4.78, 5) is 11.9. The van der Waals surface area contributed by atoms with Crippen LogP contribution in [0.15, 0.2) is 53.0 Å². The third kappa shape index (κ3) is 3.59. The Labute approximate surface area is 119 Å². The number of hydrogen-bond acceptors (Lipinski definition) is 1. The van der Waals surface area contributed by atoms with E-state index in [0.717, 1.165) is 10.0 Å². The number of amides is 1. The van der Waals surface area contributed by atoms with E-state index in [1.165, 1.54) is 0 Å². The molecule has 1 amide bonds. The van der Waals surface area contributed by atoms with Crippen LogP contribution in [0.1, 0.15) is 15.9 Å². The number of hydrogen-bond donors (Lipinski definition) is 1. The lowest BCUT2D eigenvalue weighted by molar-refractivity contribution is 0.0951. The molecule has 0 aliphatic rings. The van der Waals surface area contributed by atoms with Gasteiger partial charge in [0.15, 0.2) is 0 Å². The lowest BCUT2D eigenvalue weighted by atomic mass is 10.2. The van der Waals surface area contributed by atoms with Crippen LogP contribution in [0.2, 0.25) is 5.02 Å². The van der Waals surface area contributed by atoms with Crippen LogP contribution in [0.5, 0.6) is 0 Å². The van der Waals surface area contributed by atoms with Crippen molar-refractivity contribution in [3.05, 3.63) is 69.2 Å². The number of rotatable bonds is 3. The first kappa shape index (κ1) is 13.1. The van der Waals surface area contributed by atoms with Gasteiger partial charge in [-0.3, -0.25) is 4.79 Å². The smallest absolute Gasteiger partial charge is 0.251 e. The Hall–Kier alpha value is -1.32. The lowest BCUT2D eigenvalue weighted by Gasteiger charge is -2.06. The zero-order valence-corrected chi connectivity index (χ0v) is 11.8. The average Bonchev–Trinajstić information content (AvgIpc) is 2.36. The summed E-state index contributed by atoms with van der Waals surface area (Å²) < 4.78 is 0.887. The van der Waals surface area contributed by atoms with Crippen LogP contribution in [0.25, 0.3) is 0 Å². The average molecular weight is 325 g/mol. The number of carbonyl (C=O) groups excluding carboxylic acids is 1. The molecule has 2 nitrogen and oxygen atoms in total. The van der Waals surface area contributed by atoms with Gasteiger partial charge in [0.2, 0.25) is 0 Å². The molecular weight excluding hydrogens is 314 g/mol. The molecule has 0 aliphatic carbocycles. The Morgan fingerprint density at radius 2 is 1.94 bits per heavy atom. The van der Waals surface area contributed by atoms with Crippen molar-refractivity contribution in [2.24, 2.45) is 0 Å². The number of carbonyl (C=O) groups is 1. The Bertz CT molecular complexity index is 571. The molecule has 0 fully saturated rings. The van der Waals surface area contributed by atoms with Crippen molar-refractivity contribution >= 4 is 33.4 Å². The molecule has 0 saturated heterocycles. The maximum absolute atomic E-state index is 11.9. The third-order valence-corrected chi connectivity index (χ3v) is 3.16. The van der Waals surface area contributed by atoms with Gasteiger partial charge in [0.1, 0.15) is 0 Å². The van der Waals surface area contributed by atoms with Gasteiger partial charge in [0, 0.05) is 21.6 Å². The molecule has 0 spiro atoms. The highest BCUT2D eigenvalue weighted by molar-refractivity contribution is 9.10. The highest BCUT2D eigenvalue weighted by Gasteiger charge is 2.05. The summed E-state index contributed by atoms with van der Waals surface area (Å²) in [5.74, 6) is -0.101. The van der Waals surface area contributed by atoms with Gasteiger partial charge >= 0.3 is 0 Å². The summed E-state index contributed by atoms with van der Waals surface area (Å²) in [6.45, 7) is 0.464. The Kier molecular flexibility index (Phi) is 4.39. The maximum atomic E-state index is 11.9. The van der Waals surface area contributed by atoms with Crippen LogP contribution >= 0.6 is 27.5 Å². The van der Waals surface area contributed by atoms with Crippen molar-refractivity contribution in [1.29, 1.82) is 0 Å². The van der Waals surface area contributed by atoms with E-state index in [1.807, 2.05) is 30.3 Å². The van der Waals surface area contributed by atoms with Gasteiger partial charge in [-0.15, -0.1) is 0 Å². The molecule has 2 aromatic carbocycles. The molecule has 0 saturated carbocycles. The lowest BCUT2D eigenvalue weighted by Crippen LogP contribution is -2.22. The molecule has 0 heterocycles. The molecule has 0 unspecified atom stereocenters. The number of nitrogens with one attached hydrogen (secondary N) is 1. The zero-order valence-electron chi connectivity index (χ0n) is 9.49. The minimum Gasteiger partial charge on any atom is -0.348 e. The summed E-state index contributed by atoms with van der Waals surface area (Å²) in [6, 6.07) is 14.7. The van der Waals surface area contributed by atoms with Crippen molar-refractivity contribution in [2.75, 3.05) is 0 Å². The summed E-state index contributed by atoms with van der Waals surface area (Å²) in [5, 5.41) is 3.52. The van der Waals surface area contributed by atoms with Crippen LogP contribution in [-0.2, 0) is 6.54 Å². The molecule has 4 heteroatoms. The molecule has 0 atom stereocenters. The fourth-order valence-corrected chi connectivity index (χ4v) is 2.17. The van der Waals surface area contributed by atoms with Crippen molar-refractivity contribution in [3.8, 4) is 0 Å². The maximum Gasteiger partial charge on any atom is 0.251 e. The molecule has 0 aliphatic heterocycles. The zero-order chi connectivity index (χ0) is 13.0. The fraction of sp³-hybridized carbons (Fsp3) is 0.0714. The fourth-order valence-electron chi connectivity index (χ4n) is 1.56. The second kappa shape index (κ2) is 6.03. The van der Waals surface area contributed by atoms with Gasteiger partial charge in [-0.2, -0.15) is 0 Å². The number of benzene rings is 2. The first-order valence-corrected chi connectivity index (χ1v) is 6.60. The van der Waals surface area contributed by atoms with Crippen LogP contribution in [-0.4, -0.2) is 5.91 Å².